The van der Waals surface area contributed by atoms with Gasteiger partial charge in [-0.25, -0.2) is 0 Å². The van der Waals surface area contributed by atoms with Crippen molar-refractivity contribution in [3.8, 4) is 0 Å². The number of ether oxygens (including phenoxy) is 1. The number of hydrogen-bond donors (Lipinski definition) is 0. The highest BCUT2D eigenvalue weighted by atomic mass is 16.5. The number of carbonyl (C=O) groups is 1. The lowest BCUT2D eigenvalue weighted by Gasteiger charge is -2.16. The smallest absolute Gasteiger partial charge is 0.250 e. The molecular formula is C8H11NO2. The van der Waals surface area contributed by atoms with E-state index in [4.69, 9.17) is 4.74 Å². The Morgan fingerprint density at radius 3 is 3.27 bits per heavy atom. The van der Waals surface area contributed by atoms with Crippen LogP contribution in [0.4, 0.5) is 0 Å². The van der Waals surface area contributed by atoms with Gasteiger partial charge < -0.3 is 9.64 Å². The molecule has 0 unspecified atom stereocenters. The molecule has 0 aromatic carbocycles. The number of methoxy groups -OCH3 is 1. The van der Waals surface area contributed by atoms with Crippen molar-refractivity contribution < 1.29 is 9.53 Å². The molecule has 0 saturated carbocycles. The van der Waals surface area contributed by atoms with E-state index in [-0.39, 0.29) is 11.9 Å². The zero-order chi connectivity index (χ0) is 7.84. The zero-order valence-corrected chi connectivity index (χ0v) is 6.54. The first-order valence-corrected chi connectivity index (χ1v) is 3.89. The van der Waals surface area contributed by atoms with Crippen molar-refractivity contribution in [2.45, 2.75) is 18.9 Å². The molecule has 1 amide bonds. The maximum Gasteiger partial charge on any atom is 0.250 e. The lowest BCUT2D eigenvalue weighted by molar-refractivity contribution is -0.124. The average Bonchev–Trinajstić information content (AvgIpc) is 2.54. The molecule has 3 nitrogen and oxygen atoms in total. The number of hydrogen-bond acceptors (Lipinski definition) is 2. The van der Waals surface area contributed by atoms with Gasteiger partial charge in [0.25, 0.3) is 5.91 Å². The third-order valence-electron chi connectivity index (χ3n) is 2.37. The van der Waals surface area contributed by atoms with Gasteiger partial charge >= 0.3 is 0 Å². The summed E-state index contributed by atoms with van der Waals surface area (Å²) in [5, 5.41) is 0. The quantitative estimate of drug-likeness (QED) is 0.549. The number of rotatable bonds is 1. The van der Waals surface area contributed by atoms with E-state index in [0.717, 1.165) is 25.1 Å². The van der Waals surface area contributed by atoms with E-state index in [1.54, 1.807) is 13.2 Å². The highest BCUT2D eigenvalue weighted by Crippen LogP contribution is 2.29. The summed E-state index contributed by atoms with van der Waals surface area (Å²) in [5.74, 6) is 0.955. The largest absolute Gasteiger partial charge is 0.499 e. The number of amides is 1. The fourth-order valence-corrected chi connectivity index (χ4v) is 1.82. The summed E-state index contributed by atoms with van der Waals surface area (Å²) in [6.07, 6.45) is 3.77. The molecule has 3 heteroatoms. The Morgan fingerprint density at radius 1 is 1.73 bits per heavy atom. The van der Waals surface area contributed by atoms with Crippen LogP contribution in [0.25, 0.3) is 0 Å². The van der Waals surface area contributed by atoms with Crippen LogP contribution in [0.15, 0.2) is 11.8 Å². The molecule has 1 saturated heterocycles. The van der Waals surface area contributed by atoms with E-state index in [0.29, 0.717) is 0 Å². The van der Waals surface area contributed by atoms with Gasteiger partial charge in [-0.15, -0.1) is 0 Å². The number of carbonyl (C=O) groups excluding carboxylic acids is 1. The van der Waals surface area contributed by atoms with E-state index >= 15 is 0 Å². The molecule has 2 aliphatic heterocycles. The normalized spacial score (nSPS) is 28.8. The Kier molecular flexibility index (Phi) is 1.37. The van der Waals surface area contributed by atoms with Crippen LogP contribution in [0.5, 0.6) is 0 Å². The zero-order valence-electron chi connectivity index (χ0n) is 6.54. The fourth-order valence-electron chi connectivity index (χ4n) is 1.82. The van der Waals surface area contributed by atoms with Gasteiger partial charge in [0, 0.05) is 12.6 Å². The molecule has 2 rings (SSSR count). The van der Waals surface area contributed by atoms with E-state index < -0.39 is 0 Å². The maximum atomic E-state index is 11.2. The third kappa shape index (κ3) is 0.836. The van der Waals surface area contributed by atoms with Gasteiger partial charge in [0.1, 0.15) is 5.76 Å². The van der Waals surface area contributed by atoms with E-state index in [1.807, 2.05) is 4.90 Å². The molecule has 60 valence electrons. The molecule has 0 spiro atoms. The number of fused-ring (bicyclic) bond motifs is 1. The van der Waals surface area contributed by atoms with Crippen LogP contribution in [0.3, 0.4) is 0 Å². The van der Waals surface area contributed by atoms with Crippen molar-refractivity contribution in [2.24, 2.45) is 0 Å². The molecule has 1 fully saturated rings. The second-order valence-corrected chi connectivity index (χ2v) is 2.94. The molecule has 0 radical (unpaired) electrons. The summed E-state index contributed by atoms with van der Waals surface area (Å²) in [6, 6.07) is 0.257. The van der Waals surface area contributed by atoms with Crippen LogP contribution in [-0.2, 0) is 9.53 Å². The second kappa shape index (κ2) is 2.26. The Hall–Kier alpha value is -0.990. The van der Waals surface area contributed by atoms with E-state index in [1.165, 1.54) is 0 Å². The van der Waals surface area contributed by atoms with Gasteiger partial charge in [0.15, 0.2) is 0 Å². The maximum absolute atomic E-state index is 11.2. The van der Waals surface area contributed by atoms with Crippen molar-refractivity contribution >= 4 is 5.91 Å². The predicted molar refractivity (Wildman–Crippen MR) is 39.8 cm³/mol. The Labute approximate surface area is 65.6 Å². The topological polar surface area (TPSA) is 29.5 Å². The van der Waals surface area contributed by atoms with Crippen molar-refractivity contribution in [2.75, 3.05) is 13.7 Å². The first-order chi connectivity index (χ1) is 5.33. The van der Waals surface area contributed by atoms with Crippen molar-refractivity contribution in [1.82, 2.24) is 4.90 Å². The summed E-state index contributed by atoms with van der Waals surface area (Å²) >= 11 is 0. The summed E-state index contributed by atoms with van der Waals surface area (Å²) < 4.78 is 5.09. The minimum absolute atomic E-state index is 0.115. The molecule has 0 bridgehead atoms. The van der Waals surface area contributed by atoms with Crippen LogP contribution in [-0.4, -0.2) is 30.5 Å². The van der Waals surface area contributed by atoms with Gasteiger partial charge in [-0.3, -0.25) is 4.79 Å². The fraction of sp³-hybridized carbons (Fsp3) is 0.625. The predicted octanol–water partition coefficient (Wildman–Crippen LogP) is 0.521. The SMILES string of the molecule is COC1=CC(=O)N2CCC[C@@H]12. The van der Waals surface area contributed by atoms with Gasteiger partial charge in [0.2, 0.25) is 0 Å². The van der Waals surface area contributed by atoms with Gasteiger partial charge in [0.05, 0.1) is 13.2 Å². The van der Waals surface area contributed by atoms with E-state index in [2.05, 4.69) is 0 Å². The van der Waals surface area contributed by atoms with Gasteiger partial charge in [-0.05, 0) is 12.8 Å². The van der Waals surface area contributed by atoms with Crippen LogP contribution < -0.4 is 0 Å². The monoisotopic (exact) mass is 153 g/mol. The molecule has 2 heterocycles. The average molecular weight is 153 g/mol. The molecule has 0 N–H and O–H groups in total. The summed E-state index contributed by atoms with van der Waals surface area (Å²) in [5.41, 5.74) is 0. The molecule has 0 aliphatic carbocycles. The van der Waals surface area contributed by atoms with Crippen LogP contribution in [0.1, 0.15) is 12.8 Å². The van der Waals surface area contributed by atoms with Crippen LogP contribution in [0, 0.1) is 0 Å². The molecule has 11 heavy (non-hydrogen) atoms. The minimum Gasteiger partial charge on any atom is -0.499 e. The lowest BCUT2D eigenvalue weighted by Crippen LogP contribution is -2.29. The highest BCUT2D eigenvalue weighted by molar-refractivity contribution is 5.91. The van der Waals surface area contributed by atoms with Crippen molar-refractivity contribution in [3.63, 3.8) is 0 Å². The molecule has 1 atom stereocenters. The number of nitrogens with zero attached hydrogens (tertiary/aromatic N) is 1. The first kappa shape index (κ1) is 6.70. The third-order valence-corrected chi connectivity index (χ3v) is 2.37. The summed E-state index contributed by atoms with van der Waals surface area (Å²) in [4.78, 5) is 13.1. The minimum atomic E-state index is 0.115. The Balaban J connectivity index is 2.24. The molecular weight excluding hydrogens is 142 g/mol. The van der Waals surface area contributed by atoms with Crippen LogP contribution in [0.2, 0.25) is 0 Å². The molecule has 0 aromatic rings. The Bertz CT molecular complexity index is 222. The van der Waals surface area contributed by atoms with Crippen molar-refractivity contribution in [3.05, 3.63) is 11.8 Å². The lowest BCUT2D eigenvalue weighted by atomic mass is 10.2. The summed E-state index contributed by atoms with van der Waals surface area (Å²) in [7, 11) is 1.63. The van der Waals surface area contributed by atoms with Crippen LogP contribution >= 0.6 is 0 Å². The Morgan fingerprint density at radius 2 is 2.55 bits per heavy atom. The highest BCUT2D eigenvalue weighted by Gasteiger charge is 2.36. The standard InChI is InChI=1S/C8H11NO2/c1-11-7-5-8(10)9-4-2-3-6(7)9/h5-6H,2-4H2,1H3/t6-/m0/s1. The van der Waals surface area contributed by atoms with Gasteiger partial charge in [-0.2, -0.15) is 0 Å². The molecule has 0 aromatic heterocycles. The van der Waals surface area contributed by atoms with Crippen molar-refractivity contribution in [1.29, 1.82) is 0 Å². The molecule has 2 aliphatic rings. The van der Waals surface area contributed by atoms with Gasteiger partial charge in [-0.1, -0.05) is 0 Å². The summed E-state index contributed by atoms with van der Waals surface area (Å²) in [6.45, 7) is 0.896. The second-order valence-electron chi connectivity index (χ2n) is 2.94. The first-order valence-electron chi connectivity index (χ1n) is 3.89. The van der Waals surface area contributed by atoms with E-state index in [9.17, 15) is 4.79 Å².